The monoisotopic (exact) mass is 372 g/mol. The van der Waals surface area contributed by atoms with E-state index < -0.39 is 23.9 Å². The number of benzene rings is 1. The fourth-order valence-electron chi connectivity index (χ4n) is 1.90. The highest BCUT2D eigenvalue weighted by atomic mass is 19.4. The lowest BCUT2D eigenvalue weighted by molar-refractivity contribution is -0.234. The predicted molar refractivity (Wildman–Crippen MR) is 77.5 cm³/mol. The first-order valence-electron chi connectivity index (χ1n) is 7.40. The third-order valence-corrected chi connectivity index (χ3v) is 3.75. The van der Waals surface area contributed by atoms with Crippen molar-refractivity contribution in [1.82, 2.24) is 0 Å². The average Bonchev–Trinajstić information content (AvgIpc) is 2.37. The van der Waals surface area contributed by atoms with E-state index in [-0.39, 0.29) is 5.75 Å². The molecule has 1 aromatic rings. The van der Waals surface area contributed by atoms with Gasteiger partial charge in [-0.3, -0.25) is 0 Å². The van der Waals surface area contributed by atoms with Crippen LogP contribution in [0.15, 0.2) is 24.3 Å². The van der Waals surface area contributed by atoms with E-state index in [1.807, 2.05) is 12.1 Å². The van der Waals surface area contributed by atoms with Crippen LogP contribution in [-0.4, -0.2) is 29.0 Å². The summed E-state index contributed by atoms with van der Waals surface area (Å²) in [5.74, 6) is -1.91. The van der Waals surface area contributed by atoms with Crippen molar-refractivity contribution < 1.29 is 41.0 Å². The Bertz CT molecular complexity index is 571. The first-order chi connectivity index (χ1) is 11.2. The molecule has 0 saturated heterocycles. The summed E-state index contributed by atoms with van der Waals surface area (Å²) < 4.78 is 74.8. The Kier molecular flexibility index (Phi) is 6.36. The van der Waals surface area contributed by atoms with Gasteiger partial charge in [-0.25, -0.2) is 4.79 Å². The van der Waals surface area contributed by atoms with E-state index in [1.54, 1.807) is 12.1 Å². The van der Waals surface area contributed by atoms with Crippen molar-refractivity contribution in [3.63, 3.8) is 0 Å². The summed E-state index contributed by atoms with van der Waals surface area (Å²) in [6.07, 6.45) is -5.87. The zero-order valence-electron chi connectivity index (χ0n) is 13.5. The summed E-state index contributed by atoms with van der Waals surface area (Å²) in [5, 5.41) is 7.12. The fraction of sp³-hybridized carbons (Fsp3) is 0.562. The summed E-state index contributed by atoms with van der Waals surface area (Å²) in [6.45, 7) is 2.07. The van der Waals surface area contributed by atoms with E-state index in [9.17, 15) is 26.3 Å². The zero-order chi connectivity index (χ0) is 19.5. The van der Waals surface area contributed by atoms with Crippen molar-refractivity contribution in [2.24, 2.45) is 0 Å². The molecule has 142 valence electrons. The number of carboxylic acids is 1. The second-order valence-electron chi connectivity index (χ2n) is 6.11. The molecule has 1 aromatic carbocycles. The van der Waals surface area contributed by atoms with E-state index in [1.165, 1.54) is 24.8 Å². The maximum atomic E-state index is 12.7. The van der Waals surface area contributed by atoms with Gasteiger partial charge in [0, 0.05) is 0 Å². The summed E-state index contributed by atoms with van der Waals surface area (Å²) in [4.78, 5) is 8.90. The van der Waals surface area contributed by atoms with Gasteiger partial charge in [0.1, 0.15) is 5.75 Å². The van der Waals surface area contributed by atoms with Crippen LogP contribution in [0.4, 0.5) is 26.3 Å². The third-order valence-electron chi connectivity index (χ3n) is 3.75. The van der Waals surface area contributed by atoms with E-state index in [0.29, 0.717) is 5.92 Å². The molecule has 1 fully saturated rings. The Hall–Kier alpha value is -1.93. The molecule has 1 aliphatic rings. The number of ether oxygens (including phenoxy) is 1. The Morgan fingerprint density at radius 1 is 1.04 bits per heavy atom. The summed E-state index contributed by atoms with van der Waals surface area (Å²) in [6, 6.07) is 6.99. The largest absolute Gasteiger partial charge is 0.490 e. The third kappa shape index (κ3) is 6.13. The minimum absolute atomic E-state index is 0.264. The summed E-state index contributed by atoms with van der Waals surface area (Å²) in [7, 11) is 0. The molecule has 0 spiro atoms. The molecule has 9 heteroatoms. The Balaban J connectivity index is 0.000000381. The van der Waals surface area contributed by atoms with E-state index in [4.69, 9.17) is 14.6 Å². The minimum Gasteiger partial charge on any atom is -0.478 e. The summed E-state index contributed by atoms with van der Waals surface area (Å²) >= 11 is 0. The van der Waals surface area contributed by atoms with Crippen LogP contribution in [0.1, 0.15) is 44.6 Å². The number of hydrogen-bond donors (Lipinski definition) is 1. The lowest BCUT2D eigenvalue weighted by Gasteiger charge is -2.29. The normalized spacial score (nSPS) is 15.7. The van der Waals surface area contributed by atoms with Crippen molar-refractivity contribution in [3.05, 3.63) is 29.8 Å². The van der Waals surface area contributed by atoms with E-state index >= 15 is 0 Å². The molecular formula is C16H18F6O3. The van der Waals surface area contributed by atoms with Crippen LogP contribution in [0.3, 0.4) is 0 Å². The van der Waals surface area contributed by atoms with Crippen LogP contribution >= 0.6 is 0 Å². The number of carboxylic acid groups (broad SMARTS) is 1. The molecule has 0 radical (unpaired) electrons. The second kappa shape index (κ2) is 7.53. The highest BCUT2D eigenvalue weighted by Crippen LogP contribution is 2.38. The molecule has 25 heavy (non-hydrogen) atoms. The maximum Gasteiger partial charge on any atom is 0.490 e. The first-order valence-corrected chi connectivity index (χ1v) is 7.40. The van der Waals surface area contributed by atoms with Gasteiger partial charge < -0.3 is 9.84 Å². The topological polar surface area (TPSA) is 46.5 Å². The maximum absolute atomic E-state index is 12.7. The lowest BCUT2D eigenvalue weighted by Crippen LogP contribution is -2.44. The Morgan fingerprint density at radius 2 is 1.48 bits per heavy atom. The van der Waals surface area contributed by atoms with Gasteiger partial charge in [-0.2, -0.15) is 26.3 Å². The number of halogens is 6. The van der Waals surface area contributed by atoms with E-state index in [0.717, 1.165) is 13.8 Å². The van der Waals surface area contributed by atoms with Gasteiger partial charge in [0.15, 0.2) is 5.60 Å². The number of hydrogen-bond acceptors (Lipinski definition) is 2. The van der Waals surface area contributed by atoms with Gasteiger partial charge in [0.25, 0.3) is 0 Å². The highest BCUT2D eigenvalue weighted by Gasteiger charge is 2.49. The predicted octanol–water partition coefficient (Wildman–Crippen LogP) is 5.31. The highest BCUT2D eigenvalue weighted by molar-refractivity contribution is 5.73. The number of rotatable bonds is 3. The van der Waals surface area contributed by atoms with Crippen LogP contribution in [0.25, 0.3) is 0 Å². The van der Waals surface area contributed by atoms with Crippen LogP contribution in [0.5, 0.6) is 5.75 Å². The van der Waals surface area contributed by atoms with Crippen LogP contribution in [0.2, 0.25) is 0 Å². The van der Waals surface area contributed by atoms with Crippen molar-refractivity contribution in [1.29, 1.82) is 0 Å². The molecule has 1 saturated carbocycles. The number of carbonyl (C=O) groups is 1. The van der Waals surface area contributed by atoms with Crippen LogP contribution in [-0.2, 0) is 4.79 Å². The molecule has 0 unspecified atom stereocenters. The van der Waals surface area contributed by atoms with Crippen molar-refractivity contribution in [2.45, 2.75) is 57.0 Å². The Labute approximate surface area is 140 Å². The van der Waals surface area contributed by atoms with Gasteiger partial charge in [0.05, 0.1) is 0 Å². The second-order valence-corrected chi connectivity index (χ2v) is 6.11. The molecule has 0 atom stereocenters. The van der Waals surface area contributed by atoms with Crippen molar-refractivity contribution >= 4 is 5.97 Å². The van der Waals surface area contributed by atoms with Gasteiger partial charge in [-0.1, -0.05) is 18.6 Å². The molecule has 0 heterocycles. The molecule has 3 nitrogen and oxygen atoms in total. The molecule has 1 aliphatic carbocycles. The molecule has 0 aliphatic heterocycles. The molecular weight excluding hydrogens is 354 g/mol. The van der Waals surface area contributed by atoms with Crippen molar-refractivity contribution in [2.75, 3.05) is 0 Å². The minimum atomic E-state index is -5.08. The quantitative estimate of drug-likeness (QED) is 0.732. The lowest BCUT2D eigenvalue weighted by atomic mass is 9.80. The fourth-order valence-corrected chi connectivity index (χ4v) is 1.90. The van der Waals surface area contributed by atoms with Gasteiger partial charge in [-0.15, -0.1) is 0 Å². The zero-order valence-corrected chi connectivity index (χ0v) is 13.5. The molecule has 2 rings (SSSR count). The molecule has 0 aromatic heterocycles. The molecule has 0 bridgehead atoms. The van der Waals surface area contributed by atoms with Gasteiger partial charge in [-0.05, 0) is 50.3 Å². The number of alkyl halides is 6. The standard InChI is InChI=1S/C14H17F3O.C2HF3O2/c1-13(2,14(15,16)17)18-12-8-6-11(7-9-12)10-4-3-5-10;3-2(4,5)1(6)7/h6-10H,3-5H2,1-2H3;(H,6,7). The Morgan fingerprint density at radius 3 is 1.76 bits per heavy atom. The van der Waals surface area contributed by atoms with Crippen LogP contribution < -0.4 is 4.74 Å². The van der Waals surface area contributed by atoms with Gasteiger partial charge in [0.2, 0.25) is 0 Å². The van der Waals surface area contributed by atoms with Crippen molar-refractivity contribution in [3.8, 4) is 5.75 Å². The smallest absolute Gasteiger partial charge is 0.478 e. The average molecular weight is 372 g/mol. The molecule has 1 N–H and O–H groups in total. The SMILES string of the molecule is CC(C)(Oc1ccc(C2CCC2)cc1)C(F)(F)F.O=C(O)C(F)(F)F. The molecule has 0 amide bonds. The summed E-state index contributed by atoms with van der Waals surface area (Å²) in [5.41, 5.74) is -0.969. The first kappa shape index (κ1) is 21.1. The van der Waals surface area contributed by atoms with Crippen LogP contribution in [0, 0.1) is 0 Å². The number of aliphatic carboxylic acids is 1. The van der Waals surface area contributed by atoms with E-state index in [2.05, 4.69) is 0 Å². The van der Waals surface area contributed by atoms with Gasteiger partial charge >= 0.3 is 18.3 Å².